The van der Waals surface area contributed by atoms with Crippen LogP contribution in [0.3, 0.4) is 0 Å². The van der Waals surface area contributed by atoms with Gasteiger partial charge in [-0.1, -0.05) is 0 Å². The number of aromatic carboxylic acids is 1. The first kappa shape index (κ1) is 13.2. The number of rotatable bonds is 2. The smallest absolute Gasteiger partial charge is 0.335 e. The summed E-state index contributed by atoms with van der Waals surface area (Å²) in [6.45, 7) is 0.526. The number of benzene rings is 2. The molecule has 1 heterocycles. The molecule has 0 radical (unpaired) electrons. The SMILES string of the molecule is O=C(O)c1ccc2c(c1)CCN2C(=O)c1ccc(O)cc1. The Morgan fingerprint density at radius 3 is 2.33 bits per heavy atom. The highest BCUT2D eigenvalue weighted by atomic mass is 16.4. The number of aromatic hydroxyl groups is 1. The largest absolute Gasteiger partial charge is 0.508 e. The van der Waals surface area contributed by atoms with Crippen molar-refractivity contribution in [2.75, 3.05) is 11.4 Å². The summed E-state index contributed by atoms with van der Waals surface area (Å²) in [5, 5.41) is 18.3. The first-order valence-corrected chi connectivity index (χ1v) is 6.53. The van der Waals surface area contributed by atoms with E-state index in [-0.39, 0.29) is 17.2 Å². The average molecular weight is 283 g/mol. The van der Waals surface area contributed by atoms with Gasteiger partial charge in [0.1, 0.15) is 5.75 Å². The zero-order chi connectivity index (χ0) is 15.0. The predicted octanol–water partition coefficient (Wildman–Crippen LogP) is 2.29. The minimum absolute atomic E-state index is 0.111. The van der Waals surface area contributed by atoms with Crippen LogP contribution in [0.5, 0.6) is 5.75 Å². The molecule has 2 aromatic carbocycles. The topological polar surface area (TPSA) is 77.8 Å². The molecule has 0 spiro atoms. The third-order valence-electron chi connectivity index (χ3n) is 3.58. The lowest BCUT2D eigenvalue weighted by molar-refractivity contribution is 0.0696. The number of carboxylic acid groups (broad SMARTS) is 1. The Bertz CT molecular complexity index is 722. The van der Waals surface area contributed by atoms with Crippen molar-refractivity contribution in [2.45, 2.75) is 6.42 Å². The molecule has 2 N–H and O–H groups in total. The number of carbonyl (C=O) groups excluding carboxylic acids is 1. The second kappa shape index (κ2) is 4.94. The number of fused-ring (bicyclic) bond motifs is 1. The minimum atomic E-state index is -0.971. The highest BCUT2D eigenvalue weighted by molar-refractivity contribution is 6.07. The molecule has 0 aliphatic carbocycles. The molecule has 0 atom stereocenters. The van der Waals surface area contributed by atoms with E-state index < -0.39 is 5.97 Å². The fourth-order valence-electron chi connectivity index (χ4n) is 2.51. The minimum Gasteiger partial charge on any atom is -0.508 e. The normalized spacial score (nSPS) is 13.0. The summed E-state index contributed by atoms with van der Waals surface area (Å²) >= 11 is 0. The van der Waals surface area contributed by atoms with Gasteiger partial charge in [-0.05, 0) is 54.4 Å². The molecule has 5 nitrogen and oxygen atoms in total. The predicted molar refractivity (Wildman–Crippen MR) is 76.9 cm³/mol. The number of hydrogen-bond donors (Lipinski definition) is 2. The van der Waals surface area contributed by atoms with Gasteiger partial charge in [0.15, 0.2) is 0 Å². The quantitative estimate of drug-likeness (QED) is 0.886. The molecule has 0 fully saturated rings. The molecule has 2 aromatic rings. The molecule has 1 aliphatic heterocycles. The van der Waals surface area contributed by atoms with Crippen LogP contribution >= 0.6 is 0 Å². The van der Waals surface area contributed by atoms with Crippen molar-refractivity contribution in [3.8, 4) is 5.75 Å². The van der Waals surface area contributed by atoms with Crippen molar-refractivity contribution in [3.05, 3.63) is 59.2 Å². The maximum atomic E-state index is 12.5. The van der Waals surface area contributed by atoms with E-state index in [0.29, 0.717) is 18.5 Å². The van der Waals surface area contributed by atoms with Crippen molar-refractivity contribution >= 4 is 17.6 Å². The summed E-state index contributed by atoms with van der Waals surface area (Å²) in [5.41, 5.74) is 2.33. The van der Waals surface area contributed by atoms with Crippen molar-refractivity contribution in [1.82, 2.24) is 0 Å². The molecule has 1 aliphatic rings. The number of carboxylic acids is 1. The van der Waals surface area contributed by atoms with E-state index >= 15 is 0 Å². The van der Waals surface area contributed by atoms with E-state index in [1.807, 2.05) is 0 Å². The van der Waals surface area contributed by atoms with Crippen LogP contribution in [0.4, 0.5) is 5.69 Å². The third kappa shape index (κ3) is 2.33. The van der Waals surface area contributed by atoms with Crippen molar-refractivity contribution in [2.24, 2.45) is 0 Å². The van der Waals surface area contributed by atoms with E-state index in [0.717, 1.165) is 11.3 Å². The highest BCUT2D eigenvalue weighted by Gasteiger charge is 2.26. The number of carbonyl (C=O) groups is 2. The van der Waals surface area contributed by atoms with E-state index in [4.69, 9.17) is 5.11 Å². The first-order valence-electron chi connectivity index (χ1n) is 6.53. The molecule has 1 amide bonds. The van der Waals surface area contributed by atoms with Crippen LogP contribution in [0.25, 0.3) is 0 Å². The zero-order valence-electron chi connectivity index (χ0n) is 11.1. The number of amides is 1. The molecule has 0 aromatic heterocycles. The van der Waals surface area contributed by atoms with Crippen LogP contribution in [0.2, 0.25) is 0 Å². The van der Waals surface area contributed by atoms with E-state index in [1.165, 1.54) is 18.2 Å². The van der Waals surface area contributed by atoms with E-state index in [1.54, 1.807) is 29.2 Å². The van der Waals surface area contributed by atoms with Gasteiger partial charge in [0.2, 0.25) is 0 Å². The number of phenols is 1. The molecule has 0 bridgehead atoms. The fraction of sp³-hybridized carbons (Fsp3) is 0.125. The number of hydrogen-bond acceptors (Lipinski definition) is 3. The first-order chi connectivity index (χ1) is 10.1. The summed E-state index contributed by atoms with van der Waals surface area (Å²) in [6.07, 6.45) is 0.639. The standard InChI is InChI=1S/C16H13NO4/c18-13-4-1-10(2-5-13)15(19)17-8-7-11-9-12(16(20)21)3-6-14(11)17/h1-6,9,18H,7-8H2,(H,20,21). The summed E-state index contributed by atoms with van der Waals surface area (Å²) in [5.74, 6) is -1.02. The Morgan fingerprint density at radius 2 is 1.67 bits per heavy atom. The van der Waals surface area contributed by atoms with E-state index in [9.17, 15) is 14.7 Å². The lowest BCUT2D eigenvalue weighted by Gasteiger charge is -2.17. The Hall–Kier alpha value is -2.82. The third-order valence-corrected chi connectivity index (χ3v) is 3.58. The number of anilines is 1. The number of phenolic OH excluding ortho intramolecular Hbond substituents is 1. The lowest BCUT2D eigenvalue weighted by Crippen LogP contribution is -2.28. The molecule has 3 rings (SSSR count). The van der Waals surface area contributed by atoms with Gasteiger partial charge in [-0.25, -0.2) is 4.79 Å². The van der Waals surface area contributed by atoms with Crippen molar-refractivity contribution in [1.29, 1.82) is 0 Å². The molecule has 0 saturated carbocycles. The van der Waals surface area contributed by atoms with Gasteiger partial charge in [-0.2, -0.15) is 0 Å². The van der Waals surface area contributed by atoms with Gasteiger partial charge in [0.25, 0.3) is 5.91 Å². The van der Waals surface area contributed by atoms with Gasteiger partial charge in [0.05, 0.1) is 5.56 Å². The van der Waals surface area contributed by atoms with Crippen LogP contribution in [0.15, 0.2) is 42.5 Å². The fourth-order valence-corrected chi connectivity index (χ4v) is 2.51. The molecule has 106 valence electrons. The van der Waals surface area contributed by atoms with Gasteiger partial charge in [-0.15, -0.1) is 0 Å². The number of nitrogens with zero attached hydrogens (tertiary/aromatic N) is 1. The van der Waals surface area contributed by atoms with Crippen LogP contribution in [0, 0.1) is 0 Å². The molecule has 5 heteroatoms. The lowest BCUT2D eigenvalue weighted by atomic mass is 10.1. The van der Waals surface area contributed by atoms with Crippen molar-refractivity contribution < 1.29 is 19.8 Å². The summed E-state index contributed by atoms with van der Waals surface area (Å²) in [4.78, 5) is 25.1. The maximum absolute atomic E-state index is 12.5. The van der Waals surface area contributed by atoms with Gasteiger partial charge >= 0.3 is 5.97 Å². The summed E-state index contributed by atoms with van der Waals surface area (Å²) in [7, 11) is 0. The molecule has 21 heavy (non-hydrogen) atoms. The molecule has 0 saturated heterocycles. The summed E-state index contributed by atoms with van der Waals surface area (Å²) in [6, 6.07) is 10.9. The molecular weight excluding hydrogens is 270 g/mol. The molecule has 0 unspecified atom stereocenters. The monoisotopic (exact) mass is 283 g/mol. The Labute approximate surface area is 121 Å². The Balaban J connectivity index is 1.92. The second-order valence-electron chi connectivity index (χ2n) is 4.90. The average Bonchev–Trinajstić information content (AvgIpc) is 2.90. The summed E-state index contributed by atoms with van der Waals surface area (Å²) < 4.78 is 0. The van der Waals surface area contributed by atoms with Gasteiger partial charge < -0.3 is 15.1 Å². The van der Waals surface area contributed by atoms with Crippen LogP contribution in [-0.2, 0) is 6.42 Å². The van der Waals surface area contributed by atoms with Crippen LogP contribution in [-0.4, -0.2) is 28.6 Å². The van der Waals surface area contributed by atoms with E-state index in [2.05, 4.69) is 0 Å². The Kier molecular flexibility index (Phi) is 3.10. The molecular formula is C16H13NO4. The van der Waals surface area contributed by atoms with Crippen molar-refractivity contribution in [3.63, 3.8) is 0 Å². The van der Waals surface area contributed by atoms with Crippen LogP contribution in [0.1, 0.15) is 26.3 Å². The van der Waals surface area contributed by atoms with Gasteiger partial charge in [-0.3, -0.25) is 4.79 Å². The highest BCUT2D eigenvalue weighted by Crippen LogP contribution is 2.30. The Morgan fingerprint density at radius 1 is 1.00 bits per heavy atom. The van der Waals surface area contributed by atoms with Crippen LogP contribution < -0.4 is 4.90 Å². The maximum Gasteiger partial charge on any atom is 0.335 e. The zero-order valence-corrected chi connectivity index (χ0v) is 11.1. The second-order valence-corrected chi connectivity index (χ2v) is 4.90. The van der Waals surface area contributed by atoms with Gasteiger partial charge in [0, 0.05) is 17.8 Å².